The van der Waals surface area contributed by atoms with Crippen molar-refractivity contribution in [2.75, 3.05) is 0 Å². The zero-order chi connectivity index (χ0) is 13.1. The SMILES string of the molecule is Clc1cnc2c(OCc3ccccc3)cccc2n1. The number of nitrogens with zero attached hydrogens (tertiary/aromatic N) is 2. The van der Waals surface area contributed by atoms with Gasteiger partial charge in [-0.3, -0.25) is 0 Å². The van der Waals surface area contributed by atoms with Crippen molar-refractivity contribution in [3.8, 4) is 5.75 Å². The molecule has 3 nitrogen and oxygen atoms in total. The van der Waals surface area contributed by atoms with Crippen LogP contribution in [0.25, 0.3) is 11.0 Å². The summed E-state index contributed by atoms with van der Waals surface area (Å²) < 4.78 is 5.80. The van der Waals surface area contributed by atoms with E-state index in [1.165, 1.54) is 6.20 Å². The van der Waals surface area contributed by atoms with Crippen LogP contribution in [0.4, 0.5) is 0 Å². The summed E-state index contributed by atoms with van der Waals surface area (Å²) in [7, 11) is 0. The Hall–Kier alpha value is -2.13. The first kappa shape index (κ1) is 11.9. The minimum absolute atomic E-state index is 0.382. The van der Waals surface area contributed by atoms with Crippen molar-refractivity contribution < 1.29 is 4.74 Å². The number of ether oxygens (including phenoxy) is 1. The van der Waals surface area contributed by atoms with Gasteiger partial charge < -0.3 is 4.74 Å². The van der Waals surface area contributed by atoms with Crippen LogP contribution < -0.4 is 4.74 Å². The van der Waals surface area contributed by atoms with Crippen molar-refractivity contribution in [3.05, 3.63) is 65.4 Å². The van der Waals surface area contributed by atoms with Gasteiger partial charge in [0.1, 0.15) is 23.0 Å². The number of halogens is 1. The van der Waals surface area contributed by atoms with E-state index >= 15 is 0 Å². The predicted octanol–water partition coefficient (Wildman–Crippen LogP) is 3.86. The molecule has 0 bridgehead atoms. The summed E-state index contributed by atoms with van der Waals surface area (Å²) in [5.41, 5.74) is 2.57. The molecule has 3 rings (SSSR count). The van der Waals surface area contributed by atoms with Gasteiger partial charge in [-0.05, 0) is 17.7 Å². The molecule has 0 saturated carbocycles. The van der Waals surface area contributed by atoms with Crippen LogP contribution in [0.2, 0.25) is 5.15 Å². The van der Waals surface area contributed by atoms with Crippen molar-refractivity contribution in [1.82, 2.24) is 9.97 Å². The quantitative estimate of drug-likeness (QED) is 0.725. The molecular formula is C15H11ClN2O. The summed E-state index contributed by atoms with van der Waals surface area (Å²) in [4.78, 5) is 8.49. The van der Waals surface area contributed by atoms with Crippen LogP contribution in [0, 0.1) is 0 Å². The van der Waals surface area contributed by atoms with Crippen LogP contribution in [0.5, 0.6) is 5.75 Å². The average Bonchev–Trinajstić information content (AvgIpc) is 2.45. The van der Waals surface area contributed by atoms with Gasteiger partial charge in [0.2, 0.25) is 0 Å². The van der Waals surface area contributed by atoms with E-state index in [9.17, 15) is 0 Å². The summed E-state index contributed by atoms with van der Waals surface area (Å²) >= 11 is 5.83. The highest BCUT2D eigenvalue weighted by molar-refractivity contribution is 6.29. The van der Waals surface area contributed by atoms with Gasteiger partial charge in [0.25, 0.3) is 0 Å². The van der Waals surface area contributed by atoms with Gasteiger partial charge in [0.05, 0.1) is 11.7 Å². The number of hydrogen-bond donors (Lipinski definition) is 0. The molecule has 94 valence electrons. The lowest BCUT2D eigenvalue weighted by Crippen LogP contribution is -1.97. The summed E-state index contributed by atoms with van der Waals surface area (Å²) in [6.45, 7) is 0.504. The van der Waals surface area contributed by atoms with Gasteiger partial charge >= 0.3 is 0 Å². The minimum Gasteiger partial charge on any atom is -0.487 e. The van der Waals surface area contributed by atoms with Gasteiger partial charge in [-0.25, -0.2) is 9.97 Å². The lowest BCUT2D eigenvalue weighted by Gasteiger charge is -2.08. The van der Waals surface area contributed by atoms with Crippen LogP contribution in [0.1, 0.15) is 5.56 Å². The maximum absolute atomic E-state index is 5.83. The van der Waals surface area contributed by atoms with E-state index in [2.05, 4.69) is 9.97 Å². The van der Waals surface area contributed by atoms with Gasteiger partial charge in [-0.1, -0.05) is 48.0 Å². The van der Waals surface area contributed by atoms with Crippen molar-refractivity contribution in [2.45, 2.75) is 6.61 Å². The normalized spacial score (nSPS) is 10.6. The maximum Gasteiger partial charge on any atom is 0.148 e. The van der Waals surface area contributed by atoms with Crippen molar-refractivity contribution >= 4 is 22.6 Å². The fourth-order valence-corrected chi connectivity index (χ4v) is 1.98. The van der Waals surface area contributed by atoms with E-state index in [1.54, 1.807) is 0 Å². The number of para-hydroxylation sites is 1. The molecule has 19 heavy (non-hydrogen) atoms. The highest BCUT2D eigenvalue weighted by atomic mass is 35.5. The molecule has 0 aliphatic carbocycles. The molecule has 0 N–H and O–H groups in total. The second-order valence-corrected chi connectivity index (χ2v) is 4.48. The van der Waals surface area contributed by atoms with Gasteiger partial charge in [0, 0.05) is 0 Å². The van der Waals surface area contributed by atoms with Crippen LogP contribution >= 0.6 is 11.6 Å². The van der Waals surface area contributed by atoms with Crippen molar-refractivity contribution in [3.63, 3.8) is 0 Å². The third-order valence-electron chi connectivity index (χ3n) is 2.74. The molecule has 1 heterocycles. The van der Waals surface area contributed by atoms with E-state index in [0.29, 0.717) is 17.5 Å². The lowest BCUT2D eigenvalue weighted by atomic mass is 10.2. The van der Waals surface area contributed by atoms with E-state index in [4.69, 9.17) is 16.3 Å². The van der Waals surface area contributed by atoms with Crippen LogP contribution in [0.3, 0.4) is 0 Å². The molecule has 0 saturated heterocycles. The molecule has 0 unspecified atom stereocenters. The predicted molar refractivity (Wildman–Crippen MR) is 75.3 cm³/mol. The molecule has 0 fully saturated rings. The van der Waals surface area contributed by atoms with E-state index in [1.807, 2.05) is 48.5 Å². The van der Waals surface area contributed by atoms with Crippen molar-refractivity contribution in [2.24, 2.45) is 0 Å². The molecule has 4 heteroatoms. The minimum atomic E-state index is 0.382. The summed E-state index contributed by atoms with van der Waals surface area (Å²) in [6.07, 6.45) is 1.53. The molecule has 0 aliphatic rings. The topological polar surface area (TPSA) is 35.0 Å². The standard InChI is InChI=1S/C15H11ClN2O/c16-14-9-17-15-12(18-14)7-4-8-13(15)19-10-11-5-2-1-3-6-11/h1-9H,10H2. The third kappa shape index (κ3) is 2.66. The summed E-state index contributed by atoms with van der Waals surface area (Å²) in [5.74, 6) is 0.713. The zero-order valence-electron chi connectivity index (χ0n) is 10.1. The zero-order valence-corrected chi connectivity index (χ0v) is 10.8. The number of rotatable bonds is 3. The summed E-state index contributed by atoms with van der Waals surface area (Å²) in [6, 6.07) is 15.6. The van der Waals surface area contributed by atoms with E-state index in [-0.39, 0.29) is 0 Å². The van der Waals surface area contributed by atoms with Gasteiger partial charge in [0.15, 0.2) is 0 Å². The molecule has 0 amide bonds. The lowest BCUT2D eigenvalue weighted by molar-refractivity contribution is 0.309. The molecule has 2 aromatic carbocycles. The van der Waals surface area contributed by atoms with E-state index in [0.717, 1.165) is 16.6 Å². The highest BCUT2D eigenvalue weighted by Gasteiger charge is 2.05. The number of hydrogen-bond acceptors (Lipinski definition) is 3. The van der Waals surface area contributed by atoms with Gasteiger partial charge in [-0.2, -0.15) is 0 Å². The monoisotopic (exact) mass is 270 g/mol. The fraction of sp³-hybridized carbons (Fsp3) is 0.0667. The van der Waals surface area contributed by atoms with E-state index < -0.39 is 0 Å². The second-order valence-electron chi connectivity index (χ2n) is 4.09. The Labute approximate surface area is 115 Å². The molecule has 3 aromatic rings. The fourth-order valence-electron chi connectivity index (χ4n) is 1.84. The van der Waals surface area contributed by atoms with Crippen LogP contribution in [-0.4, -0.2) is 9.97 Å². The first-order valence-corrected chi connectivity index (χ1v) is 6.29. The Morgan fingerprint density at radius 2 is 1.84 bits per heavy atom. The molecule has 1 aromatic heterocycles. The maximum atomic E-state index is 5.83. The van der Waals surface area contributed by atoms with Crippen LogP contribution in [0.15, 0.2) is 54.7 Å². The molecule has 0 spiro atoms. The second kappa shape index (κ2) is 5.24. The number of fused-ring (bicyclic) bond motifs is 1. The smallest absolute Gasteiger partial charge is 0.148 e. The van der Waals surface area contributed by atoms with Crippen LogP contribution in [-0.2, 0) is 6.61 Å². The van der Waals surface area contributed by atoms with Gasteiger partial charge in [-0.15, -0.1) is 0 Å². The summed E-state index contributed by atoms with van der Waals surface area (Å²) in [5, 5.41) is 0.382. The Bertz CT molecular complexity index is 701. The molecule has 0 radical (unpaired) electrons. The first-order chi connectivity index (χ1) is 9.33. The molecule has 0 atom stereocenters. The average molecular weight is 271 g/mol. The Kier molecular flexibility index (Phi) is 3.29. The Morgan fingerprint density at radius 1 is 1.00 bits per heavy atom. The number of aromatic nitrogens is 2. The largest absolute Gasteiger partial charge is 0.487 e. The molecule has 0 aliphatic heterocycles. The highest BCUT2D eigenvalue weighted by Crippen LogP contribution is 2.24. The Morgan fingerprint density at radius 3 is 2.68 bits per heavy atom. The number of benzene rings is 2. The van der Waals surface area contributed by atoms with Crippen molar-refractivity contribution in [1.29, 1.82) is 0 Å². The Balaban J connectivity index is 1.89. The third-order valence-corrected chi connectivity index (χ3v) is 2.92. The molecular weight excluding hydrogens is 260 g/mol. The first-order valence-electron chi connectivity index (χ1n) is 5.91.